The molecule has 3 rings (SSSR count). The van der Waals surface area contributed by atoms with Gasteiger partial charge in [-0.25, -0.2) is 4.98 Å². The Labute approximate surface area is 147 Å². The van der Waals surface area contributed by atoms with Crippen LogP contribution in [-0.2, 0) is 10.2 Å². The average Bonchev–Trinajstić information content (AvgIpc) is 3.08. The van der Waals surface area contributed by atoms with Gasteiger partial charge in [-0.15, -0.1) is 0 Å². The normalized spacial score (nSPS) is 15.9. The molecule has 1 aromatic carbocycles. The van der Waals surface area contributed by atoms with Gasteiger partial charge in [-0.05, 0) is 43.5 Å². The van der Waals surface area contributed by atoms with Crippen LogP contribution in [0.5, 0.6) is 5.88 Å². The Morgan fingerprint density at radius 3 is 2.50 bits per heavy atom. The highest BCUT2D eigenvalue weighted by atomic mass is 35.5. The van der Waals surface area contributed by atoms with Crippen LogP contribution in [0.4, 0.5) is 5.69 Å². The number of carbonyl (C=O) groups excluding carboxylic acids is 1. The van der Waals surface area contributed by atoms with Crippen molar-refractivity contribution in [3.8, 4) is 5.88 Å². The van der Waals surface area contributed by atoms with Gasteiger partial charge in [0.1, 0.15) is 0 Å². The standard InChI is InChI=1S/C19H21ClN2O2/c1-2-24-17-10-9-16(13-21-17)22-18(23)19(11-3-4-12-19)14-5-7-15(20)8-6-14/h5-10,13H,2-4,11-12H2,1H3,(H,22,23). The van der Waals surface area contributed by atoms with Crippen LogP contribution >= 0.6 is 11.6 Å². The molecule has 2 aromatic rings. The van der Waals surface area contributed by atoms with Crippen LogP contribution in [0.2, 0.25) is 5.02 Å². The first-order valence-corrected chi connectivity index (χ1v) is 8.68. The van der Waals surface area contributed by atoms with Crippen molar-refractivity contribution in [3.63, 3.8) is 0 Å². The number of halogens is 1. The van der Waals surface area contributed by atoms with Gasteiger partial charge in [0, 0.05) is 11.1 Å². The fourth-order valence-corrected chi connectivity index (χ4v) is 3.46. The van der Waals surface area contributed by atoms with E-state index in [1.54, 1.807) is 12.3 Å². The SMILES string of the molecule is CCOc1ccc(NC(=O)C2(c3ccc(Cl)cc3)CCCC2)cn1. The molecule has 0 bridgehead atoms. The van der Waals surface area contributed by atoms with Gasteiger partial charge < -0.3 is 10.1 Å². The first-order chi connectivity index (χ1) is 11.6. The first kappa shape index (κ1) is 16.8. The number of carbonyl (C=O) groups is 1. The van der Waals surface area contributed by atoms with E-state index in [-0.39, 0.29) is 5.91 Å². The molecular formula is C19H21ClN2O2. The van der Waals surface area contributed by atoms with Crippen LogP contribution in [0.15, 0.2) is 42.6 Å². The van der Waals surface area contributed by atoms with Crippen molar-refractivity contribution < 1.29 is 9.53 Å². The largest absolute Gasteiger partial charge is 0.478 e. The molecule has 1 fully saturated rings. The Bertz CT molecular complexity index is 692. The third-order valence-electron chi connectivity index (χ3n) is 4.57. The number of benzene rings is 1. The Morgan fingerprint density at radius 2 is 1.92 bits per heavy atom. The molecule has 1 amide bonds. The Balaban J connectivity index is 1.81. The lowest BCUT2D eigenvalue weighted by atomic mass is 9.78. The summed E-state index contributed by atoms with van der Waals surface area (Å²) in [5.41, 5.74) is 1.23. The van der Waals surface area contributed by atoms with Crippen molar-refractivity contribution in [2.75, 3.05) is 11.9 Å². The highest BCUT2D eigenvalue weighted by Gasteiger charge is 2.42. The molecule has 1 heterocycles. The number of anilines is 1. The molecule has 0 atom stereocenters. The lowest BCUT2D eigenvalue weighted by molar-refractivity contribution is -0.121. The molecule has 1 aromatic heterocycles. The molecule has 5 heteroatoms. The Kier molecular flexibility index (Phi) is 5.05. The van der Waals surface area contributed by atoms with Crippen molar-refractivity contribution in [2.45, 2.75) is 38.0 Å². The Morgan fingerprint density at radius 1 is 1.21 bits per heavy atom. The van der Waals surface area contributed by atoms with Gasteiger partial charge in [0.15, 0.2) is 0 Å². The predicted molar refractivity (Wildman–Crippen MR) is 95.6 cm³/mol. The minimum absolute atomic E-state index is 0.0216. The van der Waals surface area contributed by atoms with Crippen LogP contribution in [0.3, 0.4) is 0 Å². The summed E-state index contributed by atoms with van der Waals surface area (Å²) in [5.74, 6) is 0.581. The van der Waals surface area contributed by atoms with E-state index in [0.29, 0.717) is 23.2 Å². The van der Waals surface area contributed by atoms with Gasteiger partial charge >= 0.3 is 0 Å². The summed E-state index contributed by atoms with van der Waals surface area (Å²) < 4.78 is 5.33. The van der Waals surface area contributed by atoms with Crippen LogP contribution in [-0.4, -0.2) is 17.5 Å². The maximum Gasteiger partial charge on any atom is 0.235 e. The number of pyridine rings is 1. The lowest BCUT2D eigenvalue weighted by Gasteiger charge is -2.28. The van der Waals surface area contributed by atoms with Crippen LogP contribution < -0.4 is 10.1 Å². The second kappa shape index (κ2) is 7.22. The van der Waals surface area contributed by atoms with E-state index in [1.807, 2.05) is 37.3 Å². The quantitative estimate of drug-likeness (QED) is 0.863. The van der Waals surface area contributed by atoms with E-state index in [1.165, 1.54) is 0 Å². The van der Waals surface area contributed by atoms with Crippen molar-refractivity contribution in [2.24, 2.45) is 0 Å². The number of rotatable bonds is 5. The average molecular weight is 345 g/mol. The maximum absolute atomic E-state index is 13.0. The molecule has 24 heavy (non-hydrogen) atoms. The van der Waals surface area contributed by atoms with Gasteiger partial charge in [0.05, 0.1) is 23.9 Å². The molecule has 0 aliphatic heterocycles. The molecule has 1 aliphatic carbocycles. The number of hydrogen-bond acceptors (Lipinski definition) is 3. The van der Waals surface area contributed by atoms with Crippen LogP contribution in [0, 0.1) is 0 Å². The number of aromatic nitrogens is 1. The van der Waals surface area contributed by atoms with Crippen molar-refractivity contribution in [3.05, 3.63) is 53.2 Å². The molecular weight excluding hydrogens is 324 g/mol. The second-order valence-electron chi connectivity index (χ2n) is 6.07. The van der Waals surface area contributed by atoms with Gasteiger partial charge in [-0.2, -0.15) is 0 Å². The first-order valence-electron chi connectivity index (χ1n) is 8.30. The topological polar surface area (TPSA) is 51.2 Å². The highest BCUT2D eigenvalue weighted by molar-refractivity contribution is 6.30. The summed E-state index contributed by atoms with van der Waals surface area (Å²) in [5, 5.41) is 3.70. The number of hydrogen-bond donors (Lipinski definition) is 1. The van der Waals surface area contributed by atoms with E-state index in [9.17, 15) is 4.79 Å². The fraction of sp³-hybridized carbons (Fsp3) is 0.368. The second-order valence-corrected chi connectivity index (χ2v) is 6.50. The third-order valence-corrected chi connectivity index (χ3v) is 4.83. The van der Waals surface area contributed by atoms with E-state index in [2.05, 4.69) is 10.3 Å². The molecule has 1 N–H and O–H groups in total. The molecule has 1 aliphatic rings. The number of ether oxygens (including phenoxy) is 1. The minimum atomic E-state index is -0.483. The predicted octanol–water partition coefficient (Wildman–Crippen LogP) is 4.58. The Hall–Kier alpha value is -2.07. The molecule has 0 radical (unpaired) electrons. The monoisotopic (exact) mass is 344 g/mol. The zero-order valence-corrected chi connectivity index (χ0v) is 14.5. The highest BCUT2D eigenvalue weighted by Crippen LogP contribution is 2.42. The summed E-state index contributed by atoms with van der Waals surface area (Å²) in [4.78, 5) is 17.2. The van der Waals surface area contributed by atoms with E-state index >= 15 is 0 Å². The molecule has 4 nitrogen and oxygen atoms in total. The summed E-state index contributed by atoms with van der Waals surface area (Å²) in [6.07, 6.45) is 5.44. The smallest absolute Gasteiger partial charge is 0.235 e. The lowest BCUT2D eigenvalue weighted by Crippen LogP contribution is -2.38. The molecule has 0 spiro atoms. The summed E-state index contributed by atoms with van der Waals surface area (Å²) in [6.45, 7) is 2.48. The summed E-state index contributed by atoms with van der Waals surface area (Å²) >= 11 is 5.99. The van der Waals surface area contributed by atoms with Gasteiger partial charge in [-0.1, -0.05) is 36.6 Å². The van der Waals surface area contributed by atoms with Crippen molar-refractivity contribution >= 4 is 23.2 Å². The van der Waals surface area contributed by atoms with Crippen LogP contribution in [0.1, 0.15) is 38.2 Å². The van der Waals surface area contributed by atoms with Gasteiger partial charge in [0.25, 0.3) is 0 Å². The molecule has 0 unspecified atom stereocenters. The summed E-state index contributed by atoms with van der Waals surface area (Å²) in [6, 6.07) is 11.2. The van der Waals surface area contributed by atoms with Crippen molar-refractivity contribution in [1.29, 1.82) is 0 Å². The molecule has 1 saturated carbocycles. The number of nitrogens with one attached hydrogen (secondary N) is 1. The van der Waals surface area contributed by atoms with E-state index in [4.69, 9.17) is 16.3 Å². The summed E-state index contributed by atoms with van der Waals surface area (Å²) in [7, 11) is 0. The maximum atomic E-state index is 13.0. The minimum Gasteiger partial charge on any atom is -0.478 e. The molecule has 0 saturated heterocycles. The third kappa shape index (κ3) is 3.39. The fourth-order valence-electron chi connectivity index (χ4n) is 3.33. The zero-order chi connectivity index (χ0) is 17.0. The van der Waals surface area contributed by atoms with Gasteiger partial charge in [-0.3, -0.25) is 4.79 Å². The van der Waals surface area contributed by atoms with E-state index < -0.39 is 5.41 Å². The number of nitrogens with zero attached hydrogens (tertiary/aromatic N) is 1. The number of amides is 1. The van der Waals surface area contributed by atoms with E-state index in [0.717, 1.165) is 31.2 Å². The van der Waals surface area contributed by atoms with Gasteiger partial charge in [0.2, 0.25) is 11.8 Å². The van der Waals surface area contributed by atoms with Crippen LogP contribution in [0.25, 0.3) is 0 Å². The zero-order valence-electron chi connectivity index (χ0n) is 13.7. The molecule has 126 valence electrons. The van der Waals surface area contributed by atoms with Crippen molar-refractivity contribution in [1.82, 2.24) is 4.98 Å².